The van der Waals surface area contributed by atoms with Crippen LogP contribution in [0.3, 0.4) is 0 Å². The molecule has 0 aliphatic heterocycles. The van der Waals surface area contributed by atoms with Gasteiger partial charge in [0.05, 0.1) is 13.2 Å². The molecule has 3 N–H and O–H groups in total. The van der Waals surface area contributed by atoms with Crippen LogP contribution in [-0.2, 0) is 4.79 Å². The summed E-state index contributed by atoms with van der Waals surface area (Å²) in [5.41, 5.74) is -1.39. The zero-order valence-corrected chi connectivity index (χ0v) is 16.0. The Bertz CT molecular complexity index is 152. The molecule has 0 aromatic carbocycles. The number of rotatable bonds is 3. The summed E-state index contributed by atoms with van der Waals surface area (Å²) in [6.45, 7) is 0.187. The monoisotopic (exact) mass is 262 g/mol. The zero-order chi connectivity index (χ0) is 11.1. The van der Waals surface area contributed by atoms with E-state index < -0.39 is 31.9 Å². The molecule has 0 radical (unpaired) electrons. The van der Waals surface area contributed by atoms with Crippen molar-refractivity contribution >= 4 is 13.3 Å². The van der Waals surface area contributed by atoms with E-state index in [1.807, 2.05) is 0 Å². The molecule has 0 saturated heterocycles. The number of hydrogen-bond acceptors (Lipinski definition) is 6. The first-order chi connectivity index (χ1) is 5.80. The van der Waals surface area contributed by atoms with E-state index >= 15 is 0 Å². The Hall–Kier alpha value is 2.33. The van der Waals surface area contributed by atoms with Crippen LogP contribution in [0, 0.1) is 5.41 Å². The van der Waals surface area contributed by atoms with Crippen LogP contribution in [-0.4, -0.2) is 41.8 Å². The number of carboxylic acids is 1. The Labute approximate surface area is 160 Å². The van der Waals surface area contributed by atoms with Gasteiger partial charge in [0.2, 0.25) is 0 Å². The van der Waals surface area contributed by atoms with E-state index in [0.717, 1.165) is 0 Å². The van der Waals surface area contributed by atoms with Crippen molar-refractivity contribution in [2.45, 2.75) is 6.92 Å². The SMILES string of the molecule is CC(CO)(CO)C(=O)O.[Na+].[Na+].[Na+].[O-]B([O-])[O-]. The topological polar surface area (TPSA) is 147 Å². The number of aliphatic hydroxyl groups excluding tert-OH is 2. The van der Waals surface area contributed by atoms with Gasteiger partial charge in [-0.25, -0.2) is 0 Å². The van der Waals surface area contributed by atoms with Gasteiger partial charge in [0.25, 0.3) is 0 Å². The van der Waals surface area contributed by atoms with E-state index in [2.05, 4.69) is 0 Å². The maximum atomic E-state index is 10.2. The average molecular weight is 262 g/mol. The van der Waals surface area contributed by atoms with Gasteiger partial charge in [-0.15, -0.1) is 0 Å². The molecule has 0 spiro atoms. The summed E-state index contributed by atoms with van der Waals surface area (Å²) < 4.78 is 0. The van der Waals surface area contributed by atoms with Crippen molar-refractivity contribution in [1.82, 2.24) is 0 Å². The Kier molecular flexibility index (Phi) is 33.6. The number of aliphatic hydroxyl groups is 2. The fraction of sp³-hybridized carbons (Fsp3) is 0.800. The Morgan fingerprint density at radius 1 is 1.12 bits per heavy atom. The first-order valence-corrected chi connectivity index (χ1v) is 3.22. The molecule has 0 fully saturated rings. The van der Waals surface area contributed by atoms with Crippen LogP contribution in [0.1, 0.15) is 6.92 Å². The van der Waals surface area contributed by atoms with Crippen LogP contribution in [0.4, 0.5) is 0 Å². The molecule has 7 nitrogen and oxygen atoms in total. The van der Waals surface area contributed by atoms with Crippen LogP contribution < -0.4 is 104 Å². The Balaban J connectivity index is -0.0000000511. The van der Waals surface area contributed by atoms with E-state index in [4.69, 9.17) is 30.4 Å². The minimum Gasteiger partial charge on any atom is -0.907 e. The summed E-state index contributed by atoms with van der Waals surface area (Å²) in [6, 6.07) is 0. The van der Waals surface area contributed by atoms with Crippen molar-refractivity contribution < 1.29 is 124 Å². The molecule has 0 aliphatic rings. The number of aliphatic carboxylic acids is 1. The second kappa shape index (κ2) is 17.3. The van der Waals surface area contributed by atoms with Crippen molar-refractivity contribution in [3.05, 3.63) is 0 Å². The second-order valence-electron chi connectivity index (χ2n) is 2.47. The molecule has 0 heterocycles. The van der Waals surface area contributed by atoms with Crippen molar-refractivity contribution in [2.24, 2.45) is 5.41 Å². The minimum absolute atomic E-state index is 0. The van der Waals surface area contributed by atoms with E-state index in [9.17, 15) is 4.79 Å². The molecule has 78 valence electrons. The molecule has 0 unspecified atom stereocenters. The van der Waals surface area contributed by atoms with E-state index in [0.29, 0.717) is 0 Å². The molecule has 0 saturated carbocycles. The summed E-state index contributed by atoms with van der Waals surface area (Å²) >= 11 is 0. The summed E-state index contributed by atoms with van der Waals surface area (Å²) in [5, 5.41) is 50.4. The molecule has 0 aliphatic carbocycles. The van der Waals surface area contributed by atoms with E-state index in [1.165, 1.54) is 6.92 Å². The summed E-state index contributed by atoms with van der Waals surface area (Å²) in [7, 11) is -2.92. The van der Waals surface area contributed by atoms with E-state index in [-0.39, 0.29) is 88.7 Å². The Morgan fingerprint density at radius 3 is 1.31 bits per heavy atom. The average Bonchev–Trinajstić information content (AvgIpc) is 2.01. The molecule has 16 heavy (non-hydrogen) atoms. The third-order valence-electron chi connectivity index (χ3n) is 1.21. The predicted octanol–water partition coefficient (Wildman–Crippen LogP) is -13.9. The van der Waals surface area contributed by atoms with Crippen LogP contribution in [0.5, 0.6) is 0 Å². The fourth-order valence-corrected chi connectivity index (χ4v) is 0.185. The summed E-state index contributed by atoms with van der Waals surface area (Å²) in [5.74, 6) is -1.19. The maximum Gasteiger partial charge on any atom is 1.00 e. The molecule has 0 aromatic heterocycles. The minimum atomic E-state index is -2.92. The fourth-order valence-electron chi connectivity index (χ4n) is 0.185. The van der Waals surface area contributed by atoms with Crippen molar-refractivity contribution in [3.8, 4) is 0 Å². The number of hydrogen-bond donors (Lipinski definition) is 3. The molecule has 0 atom stereocenters. The largest absolute Gasteiger partial charge is 1.00 e. The van der Waals surface area contributed by atoms with Crippen molar-refractivity contribution in [2.75, 3.05) is 13.2 Å². The van der Waals surface area contributed by atoms with Gasteiger partial charge in [-0.1, -0.05) is 0 Å². The van der Waals surface area contributed by atoms with Crippen LogP contribution in [0.2, 0.25) is 0 Å². The molecule has 0 amide bonds. The van der Waals surface area contributed by atoms with Crippen molar-refractivity contribution in [3.63, 3.8) is 0 Å². The molecule has 0 aromatic rings. The van der Waals surface area contributed by atoms with Gasteiger partial charge in [-0.2, -0.15) is 0 Å². The smallest absolute Gasteiger partial charge is 0.907 e. The normalized spacial score (nSPS) is 8.12. The first kappa shape index (κ1) is 31.0. The van der Waals surface area contributed by atoms with Gasteiger partial charge in [0, 0.05) is 0 Å². The van der Waals surface area contributed by atoms with Crippen molar-refractivity contribution in [1.29, 1.82) is 0 Å². The van der Waals surface area contributed by atoms with Gasteiger partial charge in [-0.3, -0.25) is 12.1 Å². The quantitative estimate of drug-likeness (QED) is 0.427. The van der Waals surface area contributed by atoms with E-state index in [1.54, 1.807) is 0 Å². The summed E-state index contributed by atoms with van der Waals surface area (Å²) in [6.07, 6.45) is 0. The van der Waals surface area contributed by atoms with Gasteiger partial charge < -0.3 is 30.4 Å². The van der Waals surface area contributed by atoms with Crippen LogP contribution >= 0.6 is 0 Å². The third kappa shape index (κ3) is 18.7. The predicted molar refractivity (Wildman–Crippen MR) is 35.7 cm³/mol. The third-order valence-corrected chi connectivity index (χ3v) is 1.21. The van der Waals surface area contributed by atoms with Gasteiger partial charge in [-0.05, 0) is 6.92 Å². The number of carbonyl (C=O) groups is 1. The summed E-state index contributed by atoms with van der Waals surface area (Å²) in [4.78, 5) is 10.2. The first-order valence-electron chi connectivity index (χ1n) is 3.22. The molecular formula is C5H10BNa3O7. The second-order valence-corrected chi connectivity index (χ2v) is 2.47. The molecular weight excluding hydrogens is 252 g/mol. The van der Waals surface area contributed by atoms with Crippen LogP contribution in [0.25, 0.3) is 0 Å². The number of carboxylic acid groups (broad SMARTS) is 1. The van der Waals surface area contributed by atoms with Gasteiger partial charge in [0.1, 0.15) is 5.41 Å². The van der Waals surface area contributed by atoms with Crippen LogP contribution in [0.15, 0.2) is 0 Å². The standard InChI is InChI=1S/C5H10O4.BO3.3Na/c1-5(2-6,3-7)4(8)9;2-1(3)4;;;/h6-7H,2-3H2,1H3,(H,8,9);;;;/q;-3;3*+1. The maximum absolute atomic E-state index is 10.2. The zero-order valence-electron chi connectivity index (χ0n) is 9.97. The molecule has 0 bridgehead atoms. The molecule has 0 rings (SSSR count). The van der Waals surface area contributed by atoms with Gasteiger partial charge in [0.15, 0.2) is 0 Å². The Morgan fingerprint density at radius 2 is 1.31 bits per heavy atom. The molecule has 11 heteroatoms. The van der Waals surface area contributed by atoms with Gasteiger partial charge >= 0.3 is 94.6 Å².